The van der Waals surface area contributed by atoms with Gasteiger partial charge in [0.25, 0.3) is 0 Å². The van der Waals surface area contributed by atoms with E-state index in [9.17, 15) is 4.79 Å². The topological polar surface area (TPSA) is 47.4 Å². The standard InChI is InChI=1S/C11H15BrIN3O2/c1-11(2,3)18-10(17)15-4-5-16-7(6-15)8(13)9(12)14-16/h4-6H2,1-3H3. The molecule has 0 aromatic carbocycles. The average molecular weight is 428 g/mol. The monoisotopic (exact) mass is 427 g/mol. The van der Waals surface area contributed by atoms with Crippen LogP contribution in [0.2, 0.25) is 0 Å². The van der Waals surface area contributed by atoms with Crippen molar-refractivity contribution < 1.29 is 9.53 Å². The van der Waals surface area contributed by atoms with Gasteiger partial charge in [-0.1, -0.05) is 0 Å². The quantitative estimate of drug-likeness (QED) is 0.598. The van der Waals surface area contributed by atoms with Gasteiger partial charge < -0.3 is 9.64 Å². The molecule has 1 aliphatic heterocycles. The van der Waals surface area contributed by atoms with Crippen molar-refractivity contribution in [3.63, 3.8) is 0 Å². The number of nitrogens with zero attached hydrogens (tertiary/aromatic N) is 3. The summed E-state index contributed by atoms with van der Waals surface area (Å²) in [5, 5.41) is 4.37. The second-order valence-corrected chi connectivity index (χ2v) is 7.01. The maximum atomic E-state index is 12.0. The van der Waals surface area contributed by atoms with Crippen molar-refractivity contribution >= 4 is 44.6 Å². The molecule has 0 spiro atoms. The van der Waals surface area contributed by atoms with Crippen LogP contribution in [-0.4, -0.2) is 32.9 Å². The Kier molecular flexibility index (Phi) is 3.91. The number of carbonyl (C=O) groups is 1. The highest BCUT2D eigenvalue weighted by molar-refractivity contribution is 14.1. The van der Waals surface area contributed by atoms with E-state index in [1.807, 2.05) is 25.5 Å². The molecule has 100 valence electrons. The van der Waals surface area contributed by atoms with E-state index in [-0.39, 0.29) is 6.09 Å². The number of ether oxygens (including phenoxy) is 1. The summed E-state index contributed by atoms with van der Waals surface area (Å²) in [4.78, 5) is 13.7. The van der Waals surface area contributed by atoms with Gasteiger partial charge in [-0.25, -0.2) is 4.79 Å². The van der Waals surface area contributed by atoms with Crippen LogP contribution in [0.5, 0.6) is 0 Å². The zero-order valence-electron chi connectivity index (χ0n) is 10.5. The summed E-state index contributed by atoms with van der Waals surface area (Å²) in [7, 11) is 0. The molecule has 1 aromatic heterocycles. The number of carbonyl (C=O) groups excluding carboxylic acids is 1. The van der Waals surface area contributed by atoms with Crippen molar-refractivity contribution in [3.05, 3.63) is 13.9 Å². The smallest absolute Gasteiger partial charge is 0.410 e. The maximum Gasteiger partial charge on any atom is 0.410 e. The van der Waals surface area contributed by atoms with E-state index in [1.54, 1.807) is 4.90 Å². The molecule has 0 saturated carbocycles. The van der Waals surface area contributed by atoms with E-state index in [1.165, 1.54) is 0 Å². The lowest BCUT2D eigenvalue weighted by molar-refractivity contribution is 0.0193. The van der Waals surface area contributed by atoms with Gasteiger partial charge in [0.15, 0.2) is 0 Å². The first-order valence-corrected chi connectivity index (χ1v) is 7.54. The van der Waals surface area contributed by atoms with Crippen LogP contribution in [0.3, 0.4) is 0 Å². The molecule has 0 aliphatic carbocycles. The fraction of sp³-hybridized carbons (Fsp3) is 0.636. The van der Waals surface area contributed by atoms with Gasteiger partial charge in [-0.2, -0.15) is 5.10 Å². The maximum absolute atomic E-state index is 12.0. The van der Waals surface area contributed by atoms with Crippen LogP contribution >= 0.6 is 38.5 Å². The molecular formula is C11H15BrIN3O2. The van der Waals surface area contributed by atoms with Crippen LogP contribution in [0.25, 0.3) is 0 Å². The van der Waals surface area contributed by atoms with E-state index in [4.69, 9.17) is 4.74 Å². The lowest BCUT2D eigenvalue weighted by atomic mass is 10.2. The summed E-state index contributed by atoms with van der Waals surface area (Å²) < 4.78 is 9.21. The van der Waals surface area contributed by atoms with Gasteiger partial charge in [0, 0.05) is 6.54 Å². The fourth-order valence-electron chi connectivity index (χ4n) is 1.74. The highest BCUT2D eigenvalue weighted by Gasteiger charge is 2.28. The van der Waals surface area contributed by atoms with Crippen molar-refractivity contribution in [1.82, 2.24) is 14.7 Å². The first kappa shape index (κ1) is 14.1. The second kappa shape index (κ2) is 4.99. The van der Waals surface area contributed by atoms with Gasteiger partial charge in [0.05, 0.1) is 22.4 Å². The normalized spacial score (nSPS) is 15.5. The zero-order valence-corrected chi connectivity index (χ0v) is 14.3. The molecule has 18 heavy (non-hydrogen) atoms. The number of amides is 1. The van der Waals surface area contributed by atoms with Gasteiger partial charge in [-0.15, -0.1) is 0 Å². The third-order valence-electron chi connectivity index (χ3n) is 2.53. The molecule has 7 heteroatoms. The van der Waals surface area contributed by atoms with Crippen molar-refractivity contribution in [1.29, 1.82) is 0 Å². The Morgan fingerprint density at radius 3 is 2.72 bits per heavy atom. The molecule has 1 amide bonds. The van der Waals surface area contributed by atoms with Gasteiger partial charge in [-0.05, 0) is 59.3 Å². The molecule has 1 aliphatic rings. The number of hydrogen-bond acceptors (Lipinski definition) is 3. The van der Waals surface area contributed by atoms with E-state index < -0.39 is 5.60 Å². The molecule has 0 saturated heterocycles. The lowest BCUT2D eigenvalue weighted by Gasteiger charge is -2.30. The third kappa shape index (κ3) is 2.98. The van der Waals surface area contributed by atoms with Gasteiger partial charge in [0.1, 0.15) is 10.2 Å². The number of halogens is 2. The molecular weight excluding hydrogens is 413 g/mol. The molecule has 2 rings (SSSR count). The Labute approximate surface area is 128 Å². The minimum absolute atomic E-state index is 0.262. The number of rotatable bonds is 0. The van der Waals surface area contributed by atoms with Crippen LogP contribution in [0.4, 0.5) is 4.79 Å². The minimum Gasteiger partial charge on any atom is -0.444 e. The largest absolute Gasteiger partial charge is 0.444 e. The molecule has 5 nitrogen and oxygen atoms in total. The fourth-order valence-corrected chi connectivity index (χ4v) is 2.71. The average Bonchev–Trinajstić information content (AvgIpc) is 2.52. The Bertz CT molecular complexity index is 481. The molecule has 0 atom stereocenters. The number of aromatic nitrogens is 2. The van der Waals surface area contributed by atoms with Gasteiger partial charge in [-0.3, -0.25) is 4.68 Å². The van der Waals surface area contributed by atoms with E-state index in [0.717, 1.165) is 13.9 Å². The summed E-state index contributed by atoms with van der Waals surface area (Å²) in [6, 6.07) is 0. The van der Waals surface area contributed by atoms with E-state index in [2.05, 4.69) is 43.6 Å². The van der Waals surface area contributed by atoms with Crippen LogP contribution < -0.4 is 0 Å². The van der Waals surface area contributed by atoms with Gasteiger partial charge >= 0.3 is 6.09 Å². The minimum atomic E-state index is -0.456. The Balaban J connectivity index is 2.12. The lowest BCUT2D eigenvalue weighted by Crippen LogP contribution is -2.41. The summed E-state index contributed by atoms with van der Waals surface area (Å²) in [6.45, 7) is 7.51. The molecule has 0 radical (unpaired) electrons. The number of fused-ring (bicyclic) bond motifs is 1. The molecule has 2 heterocycles. The van der Waals surface area contributed by atoms with E-state index in [0.29, 0.717) is 19.6 Å². The Hall–Kier alpha value is -0.310. The predicted molar refractivity (Wildman–Crippen MR) is 79.3 cm³/mol. The van der Waals surface area contributed by atoms with Crippen LogP contribution in [-0.2, 0) is 17.8 Å². The predicted octanol–water partition coefficient (Wildman–Crippen LogP) is 3.00. The molecule has 0 fully saturated rings. The molecule has 0 bridgehead atoms. The molecule has 0 N–H and O–H groups in total. The Morgan fingerprint density at radius 2 is 2.11 bits per heavy atom. The summed E-state index contributed by atoms with van der Waals surface area (Å²) >= 11 is 5.64. The number of hydrogen-bond donors (Lipinski definition) is 0. The van der Waals surface area contributed by atoms with Crippen molar-refractivity contribution in [2.24, 2.45) is 0 Å². The Morgan fingerprint density at radius 1 is 1.44 bits per heavy atom. The highest BCUT2D eigenvalue weighted by atomic mass is 127. The zero-order chi connectivity index (χ0) is 13.5. The summed E-state index contributed by atoms with van der Waals surface area (Å²) in [5.41, 5.74) is 0.599. The first-order valence-electron chi connectivity index (χ1n) is 5.66. The van der Waals surface area contributed by atoms with Crippen molar-refractivity contribution in [2.45, 2.75) is 39.5 Å². The van der Waals surface area contributed by atoms with E-state index >= 15 is 0 Å². The van der Waals surface area contributed by atoms with Crippen molar-refractivity contribution in [2.75, 3.05) is 6.54 Å². The molecule has 0 unspecified atom stereocenters. The van der Waals surface area contributed by atoms with Crippen LogP contribution in [0.1, 0.15) is 26.5 Å². The SMILES string of the molecule is CC(C)(C)OC(=O)N1CCn2nc(Br)c(I)c2C1. The first-order chi connectivity index (χ1) is 8.28. The third-order valence-corrected chi connectivity index (χ3v) is 4.96. The highest BCUT2D eigenvalue weighted by Crippen LogP contribution is 2.26. The van der Waals surface area contributed by atoms with Crippen LogP contribution in [0.15, 0.2) is 4.60 Å². The van der Waals surface area contributed by atoms with Crippen LogP contribution in [0, 0.1) is 3.57 Å². The molecule has 1 aromatic rings. The summed E-state index contributed by atoms with van der Waals surface area (Å²) in [6.07, 6.45) is -0.262. The van der Waals surface area contributed by atoms with Crippen molar-refractivity contribution in [3.8, 4) is 0 Å². The summed E-state index contributed by atoms with van der Waals surface area (Å²) in [5.74, 6) is 0. The van der Waals surface area contributed by atoms with Gasteiger partial charge in [0.2, 0.25) is 0 Å². The second-order valence-electron chi connectivity index (χ2n) is 5.18.